The molecule has 2 aromatic rings. The van der Waals surface area contributed by atoms with Crippen LogP contribution in [0.25, 0.3) is 10.9 Å². The number of nitrogens with two attached hydrogens (primary N) is 1. The van der Waals surface area contributed by atoms with Gasteiger partial charge in [0.05, 0.1) is 5.52 Å². The molecule has 0 amide bonds. The zero-order valence-corrected chi connectivity index (χ0v) is 5.86. The first-order valence-corrected chi connectivity index (χ1v) is 3.32. The fourth-order valence-corrected chi connectivity index (χ4v) is 1.14. The summed E-state index contributed by atoms with van der Waals surface area (Å²) < 4.78 is 1.48. The van der Waals surface area contributed by atoms with Gasteiger partial charge >= 0.3 is 0 Å². The Bertz CT molecular complexity index is 392. The summed E-state index contributed by atoms with van der Waals surface area (Å²) in [5.41, 5.74) is 0.838. The molecule has 0 atom stereocenters. The van der Waals surface area contributed by atoms with Crippen LogP contribution in [0.2, 0.25) is 0 Å². The molecule has 0 spiro atoms. The summed E-state index contributed by atoms with van der Waals surface area (Å²) in [5.74, 6) is 5.79. The molecule has 3 heteroatoms. The number of aromatic hydroxyl groups is 1. The second-order valence-electron chi connectivity index (χ2n) is 2.47. The van der Waals surface area contributed by atoms with Gasteiger partial charge in [-0.25, -0.2) is 0 Å². The predicted molar refractivity (Wildman–Crippen MR) is 43.8 cm³/mol. The topological polar surface area (TPSA) is 51.2 Å². The first-order chi connectivity index (χ1) is 5.27. The number of nitrogens with zero attached hydrogens (tertiary/aromatic N) is 1. The molecule has 0 aliphatic carbocycles. The van der Waals surface area contributed by atoms with Crippen LogP contribution < -0.4 is 5.84 Å². The van der Waals surface area contributed by atoms with Crippen LogP contribution in [0.3, 0.4) is 0 Å². The maximum absolute atomic E-state index is 9.10. The standard InChI is InChI=1S/C8H8N2O/c9-10-4-3-6-1-2-7(11)5-8(6)10/h1-5,11H,9H2. The number of aromatic nitrogens is 1. The van der Waals surface area contributed by atoms with Crippen LogP contribution in [-0.4, -0.2) is 9.78 Å². The van der Waals surface area contributed by atoms with Gasteiger partial charge in [-0.05, 0) is 18.2 Å². The molecule has 0 bridgehead atoms. The van der Waals surface area contributed by atoms with Crippen LogP contribution >= 0.6 is 0 Å². The minimum Gasteiger partial charge on any atom is -0.508 e. The van der Waals surface area contributed by atoms with Gasteiger partial charge in [-0.2, -0.15) is 0 Å². The third-order valence-corrected chi connectivity index (χ3v) is 1.71. The van der Waals surface area contributed by atoms with E-state index in [2.05, 4.69) is 0 Å². The van der Waals surface area contributed by atoms with Crippen LogP contribution in [0.15, 0.2) is 30.5 Å². The minimum absolute atomic E-state index is 0.239. The van der Waals surface area contributed by atoms with Crippen molar-refractivity contribution in [2.24, 2.45) is 0 Å². The molecule has 1 aromatic carbocycles. The zero-order chi connectivity index (χ0) is 7.84. The number of fused-ring (bicyclic) bond motifs is 1. The number of nitrogen functional groups attached to an aromatic ring is 1. The van der Waals surface area contributed by atoms with E-state index in [0.29, 0.717) is 0 Å². The fourth-order valence-electron chi connectivity index (χ4n) is 1.14. The van der Waals surface area contributed by atoms with E-state index in [1.165, 1.54) is 4.68 Å². The normalized spacial score (nSPS) is 10.5. The van der Waals surface area contributed by atoms with E-state index in [1.807, 2.05) is 12.1 Å². The van der Waals surface area contributed by atoms with Gasteiger partial charge in [0, 0.05) is 17.6 Å². The van der Waals surface area contributed by atoms with E-state index >= 15 is 0 Å². The van der Waals surface area contributed by atoms with E-state index in [-0.39, 0.29) is 5.75 Å². The van der Waals surface area contributed by atoms with Crippen LogP contribution in [0.4, 0.5) is 0 Å². The van der Waals surface area contributed by atoms with Crippen molar-refractivity contribution in [2.75, 3.05) is 5.84 Å². The zero-order valence-electron chi connectivity index (χ0n) is 5.86. The van der Waals surface area contributed by atoms with Crippen LogP contribution in [0.5, 0.6) is 5.75 Å². The number of hydrogen-bond acceptors (Lipinski definition) is 2. The Kier molecular flexibility index (Phi) is 1.06. The molecule has 3 nitrogen and oxygen atoms in total. The minimum atomic E-state index is 0.239. The third kappa shape index (κ3) is 0.816. The number of hydrogen-bond donors (Lipinski definition) is 2. The van der Waals surface area contributed by atoms with Crippen LogP contribution in [0.1, 0.15) is 0 Å². The van der Waals surface area contributed by atoms with Gasteiger partial charge in [0.25, 0.3) is 0 Å². The summed E-state index contributed by atoms with van der Waals surface area (Å²) in [6, 6.07) is 7.00. The second-order valence-corrected chi connectivity index (χ2v) is 2.47. The van der Waals surface area contributed by atoms with Gasteiger partial charge in [-0.3, -0.25) is 4.68 Å². The van der Waals surface area contributed by atoms with Crippen molar-refractivity contribution in [3.8, 4) is 5.75 Å². The molecule has 1 aromatic heterocycles. The number of rotatable bonds is 0. The van der Waals surface area contributed by atoms with Gasteiger partial charge in [0.2, 0.25) is 0 Å². The van der Waals surface area contributed by atoms with Gasteiger partial charge in [0.15, 0.2) is 0 Å². The number of phenols is 1. The van der Waals surface area contributed by atoms with E-state index in [1.54, 1.807) is 18.3 Å². The number of benzene rings is 1. The molecule has 1 heterocycles. The summed E-state index contributed by atoms with van der Waals surface area (Å²) in [6.45, 7) is 0. The van der Waals surface area contributed by atoms with E-state index in [9.17, 15) is 0 Å². The van der Waals surface area contributed by atoms with Crippen molar-refractivity contribution in [2.45, 2.75) is 0 Å². The Morgan fingerprint density at radius 1 is 1.27 bits per heavy atom. The number of phenolic OH excluding ortho intramolecular Hbond substituents is 1. The van der Waals surface area contributed by atoms with E-state index < -0.39 is 0 Å². The molecular formula is C8H8N2O. The second kappa shape index (κ2) is 1.92. The lowest BCUT2D eigenvalue weighted by Gasteiger charge is -1.95. The molecule has 11 heavy (non-hydrogen) atoms. The summed E-state index contributed by atoms with van der Waals surface area (Å²) >= 11 is 0. The van der Waals surface area contributed by atoms with E-state index in [4.69, 9.17) is 10.9 Å². The maximum Gasteiger partial charge on any atom is 0.117 e. The largest absolute Gasteiger partial charge is 0.508 e. The average molecular weight is 148 g/mol. The first-order valence-electron chi connectivity index (χ1n) is 3.32. The van der Waals surface area contributed by atoms with E-state index in [0.717, 1.165) is 10.9 Å². The highest BCUT2D eigenvalue weighted by Gasteiger charge is 1.97. The van der Waals surface area contributed by atoms with Crippen molar-refractivity contribution in [3.05, 3.63) is 30.5 Å². The molecule has 2 rings (SSSR count). The first kappa shape index (κ1) is 6.09. The molecule has 0 aliphatic rings. The highest BCUT2D eigenvalue weighted by molar-refractivity contribution is 5.81. The van der Waals surface area contributed by atoms with Gasteiger partial charge < -0.3 is 10.9 Å². The Hall–Kier alpha value is -1.64. The lowest BCUT2D eigenvalue weighted by Crippen LogP contribution is -2.04. The molecule has 0 radical (unpaired) electrons. The Balaban J connectivity index is 2.87. The Morgan fingerprint density at radius 3 is 2.91 bits per heavy atom. The van der Waals surface area contributed by atoms with Crippen molar-refractivity contribution < 1.29 is 5.11 Å². The summed E-state index contributed by atoms with van der Waals surface area (Å²) in [5, 5.41) is 10.1. The molecule has 0 saturated carbocycles. The molecule has 0 fully saturated rings. The Morgan fingerprint density at radius 2 is 2.09 bits per heavy atom. The van der Waals surface area contributed by atoms with Crippen LogP contribution in [0, 0.1) is 0 Å². The lowest BCUT2D eigenvalue weighted by atomic mass is 10.2. The average Bonchev–Trinajstić information content (AvgIpc) is 2.33. The maximum atomic E-state index is 9.10. The molecular weight excluding hydrogens is 140 g/mol. The monoisotopic (exact) mass is 148 g/mol. The smallest absolute Gasteiger partial charge is 0.117 e. The van der Waals surface area contributed by atoms with Crippen molar-refractivity contribution >= 4 is 10.9 Å². The van der Waals surface area contributed by atoms with Crippen molar-refractivity contribution in [1.29, 1.82) is 0 Å². The van der Waals surface area contributed by atoms with Gasteiger partial charge in [-0.1, -0.05) is 0 Å². The lowest BCUT2D eigenvalue weighted by molar-refractivity contribution is 0.476. The highest BCUT2D eigenvalue weighted by atomic mass is 16.3. The van der Waals surface area contributed by atoms with Crippen molar-refractivity contribution in [1.82, 2.24) is 4.68 Å². The third-order valence-electron chi connectivity index (χ3n) is 1.71. The predicted octanol–water partition coefficient (Wildman–Crippen LogP) is 1.06. The van der Waals surface area contributed by atoms with Crippen molar-refractivity contribution in [3.63, 3.8) is 0 Å². The van der Waals surface area contributed by atoms with Gasteiger partial charge in [-0.15, -0.1) is 0 Å². The molecule has 56 valence electrons. The fraction of sp³-hybridized carbons (Fsp3) is 0. The van der Waals surface area contributed by atoms with Crippen LogP contribution in [-0.2, 0) is 0 Å². The molecule has 3 N–H and O–H groups in total. The summed E-state index contributed by atoms with van der Waals surface area (Å²) in [7, 11) is 0. The van der Waals surface area contributed by atoms with Gasteiger partial charge in [0.1, 0.15) is 5.75 Å². The summed E-state index contributed by atoms with van der Waals surface area (Å²) in [6.07, 6.45) is 1.75. The molecule has 0 unspecified atom stereocenters. The molecule has 0 aliphatic heterocycles. The SMILES string of the molecule is Nn1ccc2ccc(O)cc21. The molecule has 0 saturated heterocycles. The summed E-state index contributed by atoms with van der Waals surface area (Å²) in [4.78, 5) is 0. The quantitative estimate of drug-likeness (QED) is 0.549. The Labute approximate surface area is 63.6 Å². The highest BCUT2D eigenvalue weighted by Crippen LogP contribution is 2.18.